The number of nitrogens with zero attached hydrogens (tertiary/aromatic N) is 4. The van der Waals surface area contributed by atoms with Gasteiger partial charge in [-0.3, -0.25) is 5.10 Å². The van der Waals surface area contributed by atoms with Crippen molar-refractivity contribution in [2.24, 2.45) is 0 Å². The van der Waals surface area contributed by atoms with E-state index in [-0.39, 0.29) is 0 Å². The quantitative estimate of drug-likeness (QED) is 0.324. The molecule has 0 spiro atoms. The van der Waals surface area contributed by atoms with Crippen LogP contribution in [0.4, 0.5) is 0 Å². The first-order valence-electron chi connectivity index (χ1n) is 14.1. The first-order valence-corrected chi connectivity index (χ1v) is 14.1. The summed E-state index contributed by atoms with van der Waals surface area (Å²) in [6.45, 7) is 12.2. The number of pyridine rings is 1. The van der Waals surface area contributed by atoms with Crippen molar-refractivity contribution in [1.82, 2.24) is 30.0 Å². The fourth-order valence-corrected chi connectivity index (χ4v) is 6.56. The zero-order valence-electron chi connectivity index (χ0n) is 21.9. The zero-order valence-corrected chi connectivity index (χ0v) is 21.9. The van der Waals surface area contributed by atoms with Crippen LogP contribution in [-0.2, 0) is 0 Å². The van der Waals surface area contributed by atoms with Crippen LogP contribution in [0.1, 0.15) is 75.3 Å². The molecular weight excluding hydrogens is 444 g/mol. The molecule has 190 valence electrons. The van der Waals surface area contributed by atoms with Crippen LogP contribution >= 0.6 is 0 Å². The van der Waals surface area contributed by atoms with Gasteiger partial charge in [-0.2, -0.15) is 5.10 Å². The summed E-state index contributed by atoms with van der Waals surface area (Å²) in [5.74, 6) is 1.08. The number of hydrogen-bond donors (Lipinski definition) is 2. The van der Waals surface area contributed by atoms with E-state index in [1.807, 2.05) is 12.4 Å². The van der Waals surface area contributed by atoms with Crippen molar-refractivity contribution >= 4 is 21.9 Å². The molecular formula is C30H40N6. The first kappa shape index (κ1) is 23.7. The normalized spacial score (nSPS) is 18.6. The van der Waals surface area contributed by atoms with Crippen LogP contribution in [0.25, 0.3) is 33.2 Å². The molecule has 3 aromatic heterocycles. The van der Waals surface area contributed by atoms with Crippen molar-refractivity contribution in [1.29, 1.82) is 0 Å². The molecule has 0 radical (unpaired) electrons. The molecule has 2 fully saturated rings. The number of H-pyrrole nitrogens is 2. The standard InChI is InChI=1S/C30H40N6/c1-21(2)28-25-19-23(22-10-17-36(18-11-22)16-6-15-35-13-4-3-5-14-35)7-8-27(25)33-29(28)24-9-12-31-30-26(24)20-32-34-30/h7-9,12,19-22,33H,3-6,10-11,13-18H2,1-2H3,(H,31,32,34). The summed E-state index contributed by atoms with van der Waals surface area (Å²) < 4.78 is 0. The Kier molecular flexibility index (Phi) is 6.81. The van der Waals surface area contributed by atoms with E-state index >= 15 is 0 Å². The van der Waals surface area contributed by atoms with Gasteiger partial charge >= 0.3 is 0 Å². The van der Waals surface area contributed by atoms with Gasteiger partial charge in [0.25, 0.3) is 0 Å². The molecule has 36 heavy (non-hydrogen) atoms. The maximum atomic E-state index is 4.44. The van der Waals surface area contributed by atoms with Crippen LogP contribution < -0.4 is 0 Å². The molecule has 5 heterocycles. The van der Waals surface area contributed by atoms with Gasteiger partial charge in [0.15, 0.2) is 5.65 Å². The molecule has 0 aliphatic carbocycles. The largest absolute Gasteiger partial charge is 0.354 e. The molecule has 6 nitrogen and oxygen atoms in total. The highest BCUT2D eigenvalue weighted by Crippen LogP contribution is 2.39. The minimum Gasteiger partial charge on any atom is -0.354 e. The Bertz CT molecular complexity index is 1300. The van der Waals surface area contributed by atoms with Crippen LogP contribution in [-0.4, -0.2) is 69.2 Å². The molecule has 0 saturated carbocycles. The molecule has 2 aliphatic heterocycles. The summed E-state index contributed by atoms with van der Waals surface area (Å²) in [6, 6.07) is 9.26. The summed E-state index contributed by atoms with van der Waals surface area (Å²) >= 11 is 0. The van der Waals surface area contributed by atoms with Gasteiger partial charge < -0.3 is 14.8 Å². The van der Waals surface area contributed by atoms with E-state index < -0.39 is 0 Å². The van der Waals surface area contributed by atoms with Crippen LogP contribution in [0.5, 0.6) is 0 Å². The van der Waals surface area contributed by atoms with Crippen LogP contribution in [0.2, 0.25) is 0 Å². The third kappa shape index (κ3) is 4.69. The van der Waals surface area contributed by atoms with E-state index in [4.69, 9.17) is 0 Å². The Hall–Kier alpha value is -2.70. The minimum absolute atomic E-state index is 0.417. The fourth-order valence-electron chi connectivity index (χ4n) is 6.56. The first-order chi connectivity index (χ1) is 17.7. The van der Waals surface area contributed by atoms with Crippen molar-refractivity contribution in [3.8, 4) is 11.3 Å². The second-order valence-corrected chi connectivity index (χ2v) is 11.2. The van der Waals surface area contributed by atoms with Gasteiger partial charge in [0, 0.05) is 28.0 Å². The molecule has 0 amide bonds. The smallest absolute Gasteiger partial charge is 0.155 e. The Balaban J connectivity index is 1.17. The SMILES string of the molecule is CC(C)c1c(-c2ccnc3[nH]ncc23)[nH]c2ccc(C3CCN(CCCN4CCCCC4)CC3)cc12. The maximum Gasteiger partial charge on any atom is 0.155 e. The highest BCUT2D eigenvalue weighted by atomic mass is 15.2. The van der Waals surface area contributed by atoms with Gasteiger partial charge in [0.1, 0.15) is 0 Å². The summed E-state index contributed by atoms with van der Waals surface area (Å²) in [6.07, 6.45) is 11.8. The zero-order chi connectivity index (χ0) is 24.5. The predicted octanol–water partition coefficient (Wildman–Crippen LogP) is 6.29. The number of piperidine rings is 2. The molecule has 2 aliphatic rings. The maximum absolute atomic E-state index is 4.44. The minimum atomic E-state index is 0.417. The molecule has 6 heteroatoms. The Labute approximate surface area is 214 Å². The number of benzene rings is 1. The Morgan fingerprint density at radius 3 is 2.50 bits per heavy atom. The van der Waals surface area contributed by atoms with E-state index in [9.17, 15) is 0 Å². The number of hydrogen-bond acceptors (Lipinski definition) is 4. The number of aromatic nitrogens is 4. The molecule has 0 atom stereocenters. The second-order valence-electron chi connectivity index (χ2n) is 11.2. The highest BCUT2D eigenvalue weighted by molar-refractivity contribution is 5.98. The lowest BCUT2D eigenvalue weighted by Gasteiger charge is -2.33. The van der Waals surface area contributed by atoms with Crippen LogP contribution in [0.15, 0.2) is 36.7 Å². The fraction of sp³-hybridized carbons (Fsp3) is 0.533. The molecule has 0 unspecified atom stereocenters. The molecule has 4 aromatic rings. The summed E-state index contributed by atoms with van der Waals surface area (Å²) in [7, 11) is 0. The third-order valence-corrected chi connectivity index (χ3v) is 8.52. The third-order valence-electron chi connectivity index (χ3n) is 8.52. The van der Waals surface area contributed by atoms with Crippen molar-refractivity contribution in [2.75, 3.05) is 39.3 Å². The van der Waals surface area contributed by atoms with Gasteiger partial charge in [-0.25, -0.2) is 4.98 Å². The number of rotatable bonds is 7. The van der Waals surface area contributed by atoms with Crippen LogP contribution in [0, 0.1) is 0 Å². The Morgan fingerprint density at radius 2 is 1.72 bits per heavy atom. The lowest BCUT2D eigenvalue weighted by atomic mass is 9.87. The summed E-state index contributed by atoms with van der Waals surface area (Å²) in [4.78, 5) is 13.6. The molecule has 2 N–H and O–H groups in total. The van der Waals surface area contributed by atoms with Crippen molar-refractivity contribution < 1.29 is 0 Å². The second kappa shape index (κ2) is 10.3. The van der Waals surface area contributed by atoms with Gasteiger partial charge in [0.05, 0.1) is 11.9 Å². The lowest BCUT2D eigenvalue weighted by molar-refractivity contribution is 0.180. The van der Waals surface area contributed by atoms with E-state index in [0.29, 0.717) is 11.8 Å². The average molecular weight is 485 g/mol. The van der Waals surface area contributed by atoms with Gasteiger partial charge in [-0.05, 0) is 113 Å². The number of fused-ring (bicyclic) bond motifs is 2. The van der Waals surface area contributed by atoms with E-state index in [1.54, 1.807) is 0 Å². The molecule has 6 rings (SSSR count). The molecule has 1 aromatic carbocycles. The Morgan fingerprint density at radius 1 is 0.944 bits per heavy atom. The van der Waals surface area contributed by atoms with E-state index in [1.165, 1.54) is 111 Å². The number of aromatic amines is 2. The molecule has 0 bridgehead atoms. The number of likely N-dealkylation sites (tertiary alicyclic amines) is 2. The topological polar surface area (TPSA) is 63.8 Å². The van der Waals surface area contributed by atoms with Crippen molar-refractivity contribution in [3.63, 3.8) is 0 Å². The average Bonchev–Trinajstić information content (AvgIpc) is 3.54. The highest BCUT2D eigenvalue weighted by Gasteiger charge is 2.23. The lowest BCUT2D eigenvalue weighted by Crippen LogP contribution is -2.36. The van der Waals surface area contributed by atoms with Gasteiger partial charge in [-0.15, -0.1) is 0 Å². The summed E-state index contributed by atoms with van der Waals surface area (Å²) in [5, 5.41) is 9.69. The van der Waals surface area contributed by atoms with Crippen LogP contribution in [0.3, 0.4) is 0 Å². The van der Waals surface area contributed by atoms with Crippen molar-refractivity contribution in [2.45, 2.75) is 64.2 Å². The number of nitrogens with one attached hydrogen (secondary N) is 2. The van der Waals surface area contributed by atoms with Crippen molar-refractivity contribution in [3.05, 3.63) is 47.8 Å². The summed E-state index contributed by atoms with van der Waals surface area (Å²) in [5.41, 5.74) is 7.34. The predicted molar refractivity (Wildman–Crippen MR) is 149 cm³/mol. The van der Waals surface area contributed by atoms with Gasteiger partial charge in [0.2, 0.25) is 0 Å². The molecule has 2 saturated heterocycles. The van der Waals surface area contributed by atoms with Gasteiger partial charge in [-0.1, -0.05) is 26.3 Å². The monoisotopic (exact) mass is 484 g/mol. The van der Waals surface area contributed by atoms with E-state index in [2.05, 4.69) is 68.1 Å². The van der Waals surface area contributed by atoms with E-state index in [0.717, 1.165) is 11.0 Å².